The molecule has 0 amide bonds. The Morgan fingerprint density at radius 1 is 1.07 bits per heavy atom. The van der Waals surface area contributed by atoms with Gasteiger partial charge in [-0.1, -0.05) is 20.8 Å². The summed E-state index contributed by atoms with van der Waals surface area (Å²) in [5, 5.41) is 30.7. The van der Waals surface area contributed by atoms with Gasteiger partial charge in [0.1, 0.15) is 0 Å². The van der Waals surface area contributed by atoms with Gasteiger partial charge in [-0.3, -0.25) is 4.79 Å². The van der Waals surface area contributed by atoms with Gasteiger partial charge in [0.2, 0.25) is 0 Å². The smallest absolute Gasteiger partial charge is 0.303 e. The first-order valence-corrected chi connectivity index (χ1v) is 11.7. The Morgan fingerprint density at radius 3 is 2.54 bits per heavy atom. The van der Waals surface area contributed by atoms with Crippen molar-refractivity contribution in [1.29, 1.82) is 0 Å². The average molecular weight is 393 g/mol. The Kier molecular flexibility index (Phi) is 5.36. The Balaban J connectivity index is 1.56. The minimum absolute atomic E-state index is 0.147. The number of aliphatic carboxylic acids is 1. The molecule has 3 unspecified atom stereocenters. The number of hydrogen-bond donors (Lipinski definition) is 3. The second-order valence-electron chi connectivity index (χ2n) is 11.4. The van der Waals surface area contributed by atoms with Crippen molar-refractivity contribution in [2.75, 3.05) is 0 Å². The molecule has 0 aliphatic heterocycles. The number of fused-ring (bicyclic) bond motifs is 5. The summed E-state index contributed by atoms with van der Waals surface area (Å²) < 4.78 is 0. The van der Waals surface area contributed by atoms with Crippen LogP contribution in [0.2, 0.25) is 0 Å². The Bertz CT molecular complexity index is 605. The standard InChI is InChI=1S/C24H40O4/c1-14(4-9-21(27)28)18-7-8-19-17-6-5-15-12-16(25)10-11-23(15,2)22(17)20(26)13-24(18,19)3/h14-20,22,25-26H,4-13H2,1-3H3,(H,27,28)/t14-,15?,16?,17+,18-,19+,20?,22-,23+,24-/m1/s1. The summed E-state index contributed by atoms with van der Waals surface area (Å²) in [5.74, 6) is 2.46. The molecule has 0 aromatic carbocycles. The maximum Gasteiger partial charge on any atom is 0.303 e. The third kappa shape index (κ3) is 3.14. The molecule has 10 atom stereocenters. The Hall–Kier alpha value is -0.610. The molecule has 0 saturated heterocycles. The fourth-order valence-corrected chi connectivity index (χ4v) is 8.89. The molecular formula is C24H40O4. The quantitative estimate of drug-likeness (QED) is 0.659. The van der Waals surface area contributed by atoms with Crippen LogP contribution in [0.3, 0.4) is 0 Å². The number of carboxylic acids is 1. The normalized spacial score (nSPS) is 51.7. The van der Waals surface area contributed by atoms with E-state index in [0.717, 1.165) is 32.1 Å². The fourth-order valence-electron chi connectivity index (χ4n) is 8.89. The Morgan fingerprint density at radius 2 is 1.82 bits per heavy atom. The molecule has 4 heteroatoms. The third-order valence-electron chi connectivity index (χ3n) is 10.1. The first-order chi connectivity index (χ1) is 13.2. The molecule has 160 valence electrons. The second-order valence-corrected chi connectivity index (χ2v) is 11.4. The van der Waals surface area contributed by atoms with Crippen molar-refractivity contribution in [2.45, 2.75) is 97.2 Å². The summed E-state index contributed by atoms with van der Waals surface area (Å²) in [6, 6.07) is 0. The predicted octanol–water partition coefficient (Wildman–Crippen LogP) is 4.48. The molecule has 4 saturated carbocycles. The molecule has 0 bridgehead atoms. The predicted molar refractivity (Wildman–Crippen MR) is 109 cm³/mol. The molecule has 4 fully saturated rings. The van der Waals surface area contributed by atoms with E-state index in [4.69, 9.17) is 5.11 Å². The van der Waals surface area contributed by atoms with Crippen LogP contribution in [0.4, 0.5) is 0 Å². The topological polar surface area (TPSA) is 77.8 Å². The number of hydrogen-bond acceptors (Lipinski definition) is 3. The van der Waals surface area contributed by atoms with Crippen LogP contribution in [-0.2, 0) is 4.79 Å². The zero-order chi connectivity index (χ0) is 20.3. The highest BCUT2D eigenvalue weighted by molar-refractivity contribution is 5.66. The van der Waals surface area contributed by atoms with Crippen LogP contribution < -0.4 is 0 Å². The van der Waals surface area contributed by atoms with Gasteiger partial charge in [0, 0.05) is 6.42 Å². The molecule has 4 nitrogen and oxygen atoms in total. The van der Waals surface area contributed by atoms with E-state index in [1.807, 2.05) is 0 Å². The lowest BCUT2D eigenvalue weighted by molar-refractivity contribution is -0.179. The zero-order valence-corrected chi connectivity index (χ0v) is 17.9. The largest absolute Gasteiger partial charge is 0.481 e. The van der Waals surface area contributed by atoms with Gasteiger partial charge in [0.25, 0.3) is 0 Å². The van der Waals surface area contributed by atoms with Gasteiger partial charge < -0.3 is 15.3 Å². The molecule has 0 radical (unpaired) electrons. The molecule has 0 aromatic heterocycles. The van der Waals surface area contributed by atoms with Crippen LogP contribution >= 0.6 is 0 Å². The lowest BCUT2D eigenvalue weighted by Crippen LogP contribution is -2.59. The zero-order valence-electron chi connectivity index (χ0n) is 17.9. The van der Waals surface area contributed by atoms with Crippen LogP contribution in [0.25, 0.3) is 0 Å². The van der Waals surface area contributed by atoms with Crippen LogP contribution in [0, 0.1) is 46.3 Å². The molecule has 4 aliphatic rings. The van der Waals surface area contributed by atoms with Crippen molar-refractivity contribution in [3.63, 3.8) is 0 Å². The van der Waals surface area contributed by atoms with Crippen LogP contribution in [0.5, 0.6) is 0 Å². The van der Waals surface area contributed by atoms with Gasteiger partial charge in [-0.25, -0.2) is 0 Å². The van der Waals surface area contributed by atoms with E-state index >= 15 is 0 Å². The molecule has 3 N–H and O–H groups in total. The maximum absolute atomic E-state index is 11.4. The first kappa shape index (κ1) is 20.7. The van der Waals surface area contributed by atoms with Gasteiger partial charge in [0.05, 0.1) is 12.2 Å². The minimum Gasteiger partial charge on any atom is -0.481 e. The monoisotopic (exact) mass is 392 g/mol. The average Bonchev–Trinajstić information content (AvgIpc) is 2.96. The SMILES string of the molecule is C[C@H](CCC(=O)O)[C@H]1CC[C@H]2[C@@H]3CCC4CC(O)CC[C@]4(C)[C@H]3C(O)C[C@]12C. The number of carboxylic acid groups (broad SMARTS) is 1. The van der Waals surface area contributed by atoms with Crippen LogP contribution in [0.15, 0.2) is 0 Å². The molecule has 0 spiro atoms. The van der Waals surface area contributed by atoms with E-state index in [1.54, 1.807) is 0 Å². The summed E-state index contributed by atoms with van der Waals surface area (Å²) in [6.45, 7) is 7.06. The first-order valence-electron chi connectivity index (χ1n) is 11.7. The van der Waals surface area contributed by atoms with Gasteiger partial charge in [-0.15, -0.1) is 0 Å². The number of rotatable bonds is 4. The molecule has 4 rings (SSSR count). The third-order valence-corrected chi connectivity index (χ3v) is 10.1. The van der Waals surface area contributed by atoms with E-state index in [2.05, 4.69) is 20.8 Å². The van der Waals surface area contributed by atoms with E-state index in [-0.39, 0.29) is 29.5 Å². The van der Waals surface area contributed by atoms with Crippen molar-refractivity contribution in [3.05, 3.63) is 0 Å². The maximum atomic E-state index is 11.4. The molecule has 28 heavy (non-hydrogen) atoms. The van der Waals surface area contributed by atoms with Gasteiger partial charge in [-0.2, -0.15) is 0 Å². The Labute approximate surface area is 170 Å². The summed E-state index contributed by atoms with van der Waals surface area (Å²) in [7, 11) is 0. The second kappa shape index (κ2) is 7.27. The van der Waals surface area contributed by atoms with Crippen molar-refractivity contribution in [1.82, 2.24) is 0 Å². The van der Waals surface area contributed by atoms with Gasteiger partial charge in [0.15, 0.2) is 0 Å². The van der Waals surface area contributed by atoms with Crippen molar-refractivity contribution < 1.29 is 20.1 Å². The summed E-state index contributed by atoms with van der Waals surface area (Å²) >= 11 is 0. The van der Waals surface area contributed by atoms with E-state index in [0.29, 0.717) is 35.5 Å². The van der Waals surface area contributed by atoms with Crippen LogP contribution in [-0.4, -0.2) is 33.5 Å². The van der Waals surface area contributed by atoms with E-state index < -0.39 is 5.97 Å². The summed E-state index contributed by atoms with van der Waals surface area (Å²) in [5.41, 5.74) is 0.325. The van der Waals surface area contributed by atoms with E-state index in [1.165, 1.54) is 25.7 Å². The van der Waals surface area contributed by atoms with Crippen molar-refractivity contribution in [3.8, 4) is 0 Å². The van der Waals surface area contributed by atoms with Crippen molar-refractivity contribution >= 4 is 5.97 Å². The molecule has 0 heterocycles. The summed E-state index contributed by atoms with van der Waals surface area (Å²) in [4.78, 5) is 11.1. The van der Waals surface area contributed by atoms with Crippen LogP contribution in [0.1, 0.15) is 85.0 Å². The number of carbonyl (C=O) groups is 1. The van der Waals surface area contributed by atoms with E-state index in [9.17, 15) is 15.0 Å². The number of aliphatic hydroxyl groups excluding tert-OH is 2. The highest BCUT2D eigenvalue weighted by atomic mass is 16.4. The molecule has 4 aliphatic carbocycles. The minimum atomic E-state index is -0.693. The van der Waals surface area contributed by atoms with Gasteiger partial charge >= 0.3 is 5.97 Å². The van der Waals surface area contributed by atoms with Gasteiger partial charge in [-0.05, 0) is 104 Å². The lowest BCUT2D eigenvalue weighted by atomic mass is 9.43. The highest BCUT2D eigenvalue weighted by Crippen LogP contribution is 2.68. The fraction of sp³-hybridized carbons (Fsp3) is 0.958. The summed E-state index contributed by atoms with van der Waals surface area (Å²) in [6.07, 6.45) is 9.20. The highest BCUT2D eigenvalue weighted by Gasteiger charge is 2.63. The molecule has 0 aromatic rings. The molecular weight excluding hydrogens is 352 g/mol. The van der Waals surface area contributed by atoms with Crippen molar-refractivity contribution in [2.24, 2.45) is 46.3 Å². The lowest BCUT2D eigenvalue weighted by Gasteiger charge is -2.62. The number of aliphatic hydroxyl groups is 2.